The van der Waals surface area contributed by atoms with Crippen molar-refractivity contribution in [2.75, 3.05) is 4.72 Å². The second kappa shape index (κ2) is 6.38. The number of benzene rings is 1. The van der Waals surface area contributed by atoms with E-state index in [2.05, 4.69) is 14.7 Å². The van der Waals surface area contributed by atoms with E-state index in [9.17, 15) is 8.42 Å². The predicted octanol–water partition coefficient (Wildman–Crippen LogP) is 1.71. The molecule has 0 aliphatic heterocycles. The predicted molar refractivity (Wildman–Crippen MR) is 76.1 cm³/mol. The van der Waals surface area contributed by atoms with E-state index in [1.807, 2.05) is 6.92 Å². The molecule has 0 fully saturated rings. The van der Waals surface area contributed by atoms with Gasteiger partial charge in [0.15, 0.2) is 0 Å². The van der Waals surface area contributed by atoms with Gasteiger partial charge in [-0.3, -0.25) is 4.72 Å². The molecule has 0 bridgehead atoms. The average molecular weight is 290 g/mol. The van der Waals surface area contributed by atoms with Gasteiger partial charge in [-0.2, -0.15) is 0 Å². The van der Waals surface area contributed by atoms with E-state index in [0.29, 0.717) is 5.75 Å². The Kier molecular flexibility index (Phi) is 4.57. The van der Waals surface area contributed by atoms with Crippen LogP contribution in [0.25, 0.3) is 0 Å². The van der Waals surface area contributed by atoms with Gasteiger partial charge in [-0.1, -0.05) is 6.92 Å². The highest BCUT2D eigenvalue weighted by atomic mass is 32.2. The molecule has 1 aromatic carbocycles. The van der Waals surface area contributed by atoms with Crippen molar-refractivity contribution in [2.24, 2.45) is 0 Å². The largest absolute Gasteiger partial charge is 0.563 e. The van der Waals surface area contributed by atoms with E-state index >= 15 is 0 Å². The summed E-state index contributed by atoms with van der Waals surface area (Å²) in [4.78, 5) is 7.68. The Morgan fingerprint density at radius 3 is 2.60 bits per heavy atom. The SMILES string of the molecule is CC[B]Oc1ccc(S(=O)(=O)Nc2ccncn2)cc1. The van der Waals surface area contributed by atoms with Gasteiger partial charge in [0.1, 0.15) is 12.1 Å². The lowest BCUT2D eigenvalue weighted by molar-refractivity contribution is 0.591. The molecule has 8 heteroatoms. The lowest BCUT2D eigenvalue weighted by atomic mass is 9.97. The zero-order chi connectivity index (χ0) is 14.4. The number of aromatic nitrogens is 2. The summed E-state index contributed by atoms with van der Waals surface area (Å²) in [6.07, 6.45) is 3.51. The third kappa shape index (κ3) is 3.70. The number of nitrogens with zero attached hydrogens (tertiary/aromatic N) is 2. The maximum absolute atomic E-state index is 12.1. The Bertz CT molecular complexity index is 647. The van der Waals surface area contributed by atoms with Gasteiger partial charge in [0.25, 0.3) is 10.0 Å². The van der Waals surface area contributed by atoms with Gasteiger partial charge in [0, 0.05) is 6.20 Å². The molecule has 1 radical (unpaired) electrons. The standard InChI is InChI=1S/C12H13BN3O3S/c1-2-13-19-10-3-5-11(6-4-10)20(17,18)16-12-7-8-14-9-15-12/h3-9H,2H2,1H3,(H,14,15,16). The van der Waals surface area contributed by atoms with E-state index in [1.165, 1.54) is 30.7 Å². The van der Waals surface area contributed by atoms with E-state index in [0.717, 1.165) is 6.32 Å². The quantitative estimate of drug-likeness (QED) is 0.819. The highest BCUT2D eigenvalue weighted by Gasteiger charge is 2.14. The second-order valence-electron chi connectivity index (χ2n) is 3.86. The highest BCUT2D eigenvalue weighted by Crippen LogP contribution is 2.18. The summed E-state index contributed by atoms with van der Waals surface area (Å²) in [5.74, 6) is 0.812. The fraction of sp³-hybridized carbons (Fsp3) is 0.167. The van der Waals surface area contributed by atoms with E-state index < -0.39 is 10.0 Å². The Morgan fingerprint density at radius 1 is 1.25 bits per heavy atom. The highest BCUT2D eigenvalue weighted by molar-refractivity contribution is 7.92. The normalized spacial score (nSPS) is 10.8. The molecule has 0 aliphatic carbocycles. The van der Waals surface area contributed by atoms with Gasteiger partial charge in [-0.25, -0.2) is 18.4 Å². The van der Waals surface area contributed by atoms with Gasteiger partial charge in [-0.05, 0) is 36.7 Å². The number of nitrogens with one attached hydrogen (secondary N) is 1. The molecule has 2 rings (SSSR count). The lowest BCUT2D eigenvalue weighted by Crippen LogP contribution is -2.13. The average Bonchev–Trinajstić information content (AvgIpc) is 2.46. The molecule has 0 saturated heterocycles. The summed E-state index contributed by atoms with van der Waals surface area (Å²) in [6.45, 7) is 1.95. The third-order valence-corrected chi connectivity index (χ3v) is 3.71. The van der Waals surface area contributed by atoms with Gasteiger partial charge >= 0.3 is 7.48 Å². The van der Waals surface area contributed by atoms with Gasteiger partial charge in [0.05, 0.1) is 10.6 Å². The van der Waals surface area contributed by atoms with Gasteiger partial charge in [-0.15, -0.1) is 0 Å². The van der Waals surface area contributed by atoms with Crippen molar-refractivity contribution in [1.29, 1.82) is 0 Å². The summed E-state index contributed by atoms with van der Waals surface area (Å²) < 4.78 is 31.9. The Morgan fingerprint density at radius 2 is 2.00 bits per heavy atom. The summed E-state index contributed by atoms with van der Waals surface area (Å²) >= 11 is 0. The van der Waals surface area contributed by atoms with Crippen LogP contribution in [0.15, 0.2) is 47.8 Å². The minimum absolute atomic E-state index is 0.139. The molecule has 0 unspecified atom stereocenters. The Labute approximate surface area is 118 Å². The molecule has 0 atom stereocenters. The number of rotatable bonds is 6. The summed E-state index contributed by atoms with van der Waals surface area (Å²) in [5.41, 5.74) is 0. The van der Waals surface area contributed by atoms with Crippen molar-refractivity contribution in [3.8, 4) is 5.75 Å². The van der Waals surface area contributed by atoms with Crippen LogP contribution in [-0.2, 0) is 10.0 Å². The Hall–Kier alpha value is -2.09. The van der Waals surface area contributed by atoms with Crippen LogP contribution >= 0.6 is 0 Å². The van der Waals surface area contributed by atoms with Crippen molar-refractivity contribution in [2.45, 2.75) is 18.1 Å². The van der Waals surface area contributed by atoms with Crippen LogP contribution in [-0.4, -0.2) is 25.9 Å². The van der Waals surface area contributed by atoms with Crippen molar-refractivity contribution >= 4 is 23.3 Å². The number of anilines is 1. The molecule has 0 aliphatic rings. The molecular weight excluding hydrogens is 277 g/mol. The first-order chi connectivity index (χ1) is 9.62. The van der Waals surface area contributed by atoms with Gasteiger partial charge in [0.2, 0.25) is 0 Å². The third-order valence-electron chi connectivity index (χ3n) is 2.34. The molecule has 6 nitrogen and oxygen atoms in total. The van der Waals surface area contributed by atoms with E-state index in [-0.39, 0.29) is 10.7 Å². The van der Waals surface area contributed by atoms with Crippen molar-refractivity contribution in [3.63, 3.8) is 0 Å². The molecule has 0 amide bonds. The van der Waals surface area contributed by atoms with Crippen LogP contribution in [0.5, 0.6) is 5.75 Å². The molecule has 1 heterocycles. The fourth-order valence-electron chi connectivity index (χ4n) is 1.42. The number of hydrogen-bond donors (Lipinski definition) is 1. The first-order valence-electron chi connectivity index (χ1n) is 5.99. The van der Waals surface area contributed by atoms with Crippen molar-refractivity contribution < 1.29 is 13.1 Å². The summed E-state index contributed by atoms with van der Waals surface area (Å²) in [5, 5.41) is 0. The molecule has 0 spiro atoms. The van der Waals surface area contributed by atoms with Crippen LogP contribution < -0.4 is 9.38 Å². The zero-order valence-corrected chi connectivity index (χ0v) is 11.7. The van der Waals surface area contributed by atoms with Crippen LogP contribution in [0.1, 0.15) is 6.92 Å². The summed E-state index contributed by atoms with van der Waals surface area (Å²) in [6, 6.07) is 7.62. The molecule has 1 aromatic heterocycles. The molecule has 20 heavy (non-hydrogen) atoms. The van der Waals surface area contributed by atoms with Crippen molar-refractivity contribution in [1.82, 2.24) is 9.97 Å². The molecule has 103 valence electrons. The maximum atomic E-state index is 12.1. The monoisotopic (exact) mass is 290 g/mol. The van der Waals surface area contributed by atoms with Crippen LogP contribution in [0.3, 0.4) is 0 Å². The van der Waals surface area contributed by atoms with Crippen LogP contribution in [0.2, 0.25) is 6.32 Å². The first-order valence-corrected chi connectivity index (χ1v) is 7.47. The number of hydrogen-bond acceptors (Lipinski definition) is 5. The van der Waals surface area contributed by atoms with E-state index in [1.54, 1.807) is 19.6 Å². The number of sulfonamides is 1. The molecular formula is C12H13BN3O3S. The minimum Gasteiger partial charge on any atom is -0.563 e. The zero-order valence-electron chi connectivity index (χ0n) is 10.9. The minimum atomic E-state index is -3.66. The Balaban J connectivity index is 2.13. The van der Waals surface area contributed by atoms with Gasteiger partial charge < -0.3 is 4.65 Å². The van der Waals surface area contributed by atoms with E-state index in [4.69, 9.17) is 4.65 Å². The molecule has 0 saturated carbocycles. The first kappa shape index (κ1) is 14.3. The maximum Gasteiger partial charge on any atom is 0.369 e. The summed E-state index contributed by atoms with van der Waals surface area (Å²) in [7, 11) is -2.02. The fourth-order valence-corrected chi connectivity index (χ4v) is 2.43. The smallest absolute Gasteiger partial charge is 0.369 e. The van der Waals surface area contributed by atoms with Crippen LogP contribution in [0.4, 0.5) is 5.82 Å². The lowest BCUT2D eigenvalue weighted by Gasteiger charge is -2.08. The second-order valence-corrected chi connectivity index (χ2v) is 5.55. The molecule has 2 aromatic rings. The topological polar surface area (TPSA) is 81.2 Å². The molecule has 1 N–H and O–H groups in total. The van der Waals surface area contributed by atoms with Crippen LogP contribution in [0, 0.1) is 0 Å². The van der Waals surface area contributed by atoms with Crippen molar-refractivity contribution in [3.05, 3.63) is 42.9 Å².